The van der Waals surface area contributed by atoms with Gasteiger partial charge >= 0.3 is 6.61 Å². The lowest BCUT2D eigenvalue weighted by atomic mass is 10.2. The van der Waals surface area contributed by atoms with Crippen LogP contribution in [0, 0.1) is 6.92 Å². The lowest BCUT2D eigenvalue weighted by Gasteiger charge is -2.12. The number of nitrogens with one attached hydrogen (secondary N) is 1. The summed E-state index contributed by atoms with van der Waals surface area (Å²) < 4.78 is 34.2. The molecule has 1 N–H and O–H groups in total. The Kier molecular flexibility index (Phi) is 5.52. The summed E-state index contributed by atoms with van der Waals surface area (Å²) in [6.07, 6.45) is 0. The van der Waals surface area contributed by atoms with Gasteiger partial charge in [0.05, 0.1) is 7.11 Å². The van der Waals surface area contributed by atoms with E-state index in [9.17, 15) is 8.78 Å². The third kappa shape index (κ3) is 4.41. The van der Waals surface area contributed by atoms with E-state index in [2.05, 4.69) is 23.0 Å². The number of halogens is 2. The number of thiophene rings is 1. The van der Waals surface area contributed by atoms with Gasteiger partial charge in [-0.15, -0.1) is 11.3 Å². The minimum Gasteiger partial charge on any atom is -0.493 e. The fourth-order valence-electron chi connectivity index (χ4n) is 1.92. The molecule has 0 spiro atoms. The summed E-state index contributed by atoms with van der Waals surface area (Å²) in [6, 6.07) is 7.10. The van der Waals surface area contributed by atoms with E-state index in [-0.39, 0.29) is 5.75 Å². The van der Waals surface area contributed by atoms with Gasteiger partial charge in [0.1, 0.15) is 0 Å². The molecule has 0 aliphatic heterocycles. The molecule has 2 rings (SSSR count). The van der Waals surface area contributed by atoms with E-state index in [0.29, 0.717) is 12.3 Å². The minimum atomic E-state index is -2.86. The summed E-state index contributed by atoms with van der Waals surface area (Å²) in [5, 5.41) is 5.34. The summed E-state index contributed by atoms with van der Waals surface area (Å²) in [5.41, 5.74) is 2.12. The fourth-order valence-corrected chi connectivity index (χ4v) is 2.80. The Morgan fingerprint density at radius 2 is 2.00 bits per heavy atom. The first-order valence-electron chi connectivity index (χ1n) is 6.45. The summed E-state index contributed by atoms with van der Waals surface area (Å²) in [4.78, 5) is 1.27. The summed E-state index contributed by atoms with van der Waals surface area (Å²) in [7, 11) is 1.42. The molecular weight excluding hydrogens is 296 g/mol. The van der Waals surface area contributed by atoms with Gasteiger partial charge in [0.2, 0.25) is 0 Å². The molecular formula is C15H17F2NO2S. The largest absolute Gasteiger partial charge is 0.493 e. The second kappa shape index (κ2) is 7.38. The first-order valence-corrected chi connectivity index (χ1v) is 7.33. The molecule has 1 heterocycles. The fraction of sp³-hybridized carbons (Fsp3) is 0.333. The average Bonchev–Trinajstić information content (AvgIpc) is 2.84. The highest BCUT2D eigenvalue weighted by molar-refractivity contribution is 7.10. The number of aryl methyl sites for hydroxylation is 1. The highest BCUT2D eigenvalue weighted by atomic mass is 32.1. The van der Waals surface area contributed by atoms with Crippen LogP contribution in [0.15, 0.2) is 29.6 Å². The maximum atomic E-state index is 12.4. The Hall–Kier alpha value is -1.66. The number of benzene rings is 1. The molecule has 2 aromatic rings. The van der Waals surface area contributed by atoms with Crippen molar-refractivity contribution in [1.29, 1.82) is 0 Å². The predicted octanol–water partition coefficient (Wildman–Crippen LogP) is 3.96. The molecule has 0 amide bonds. The highest BCUT2D eigenvalue weighted by Crippen LogP contribution is 2.29. The Labute approximate surface area is 126 Å². The Bertz CT molecular complexity index is 587. The van der Waals surface area contributed by atoms with Crippen molar-refractivity contribution in [3.8, 4) is 11.5 Å². The molecule has 1 aromatic carbocycles. The van der Waals surface area contributed by atoms with Gasteiger partial charge in [-0.3, -0.25) is 0 Å². The molecule has 0 fully saturated rings. The van der Waals surface area contributed by atoms with Crippen molar-refractivity contribution in [3.05, 3.63) is 45.6 Å². The summed E-state index contributed by atoms with van der Waals surface area (Å²) in [5.74, 6) is 0.354. The topological polar surface area (TPSA) is 30.5 Å². The number of rotatable bonds is 7. The van der Waals surface area contributed by atoms with Gasteiger partial charge in [0.25, 0.3) is 0 Å². The van der Waals surface area contributed by atoms with E-state index in [1.54, 1.807) is 23.5 Å². The zero-order valence-corrected chi connectivity index (χ0v) is 12.7. The third-order valence-electron chi connectivity index (χ3n) is 3.03. The van der Waals surface area contributed by atoms with E-state index in [0.717, 1.165) is 12.1 Å². The number of alkyl halides is 2. The van der Waals surface area contributed by atoms with Gasteiger partial charge in [-0.05, 0) is 41.6 Å². The maximum Gasteiger partial charge on any atom is 0.387 e. The van der Waals surface area contributed by atoms with E-state index in [1.165, 1.54) is 17.6 Å². The van der Waals surface area contributed by atoms with Gasteiger partial charge in [0.15, 0.2) is 11.5 Å². The standard InChI is InChI=1S/C15H17F2NO2S/c1-10-5-6-21-14(10)9-18-8-11-3-4-12(19-2)13(7-11)20-15(16)17/h3-7,15,18H,8-9H2,1-2H3. The second-order valence-corrected chi connectivity index (χ2v) is 5.49. The minimum absolute atomic E-state index is 0.0547. The van der Waals surface area contributed by atoms with Crippen molar-refractivity contribution >= 4 is 11.3 Å². The zero-order chi connectivity index (χ0) is 15.2. The molecule has 0 unspecified atom stereocenters. The van der Waals surface area contributed by atoms with Crippen molar-refractivity contribution in [1.82, 2.24) is 5.32 Å². The van der Waals surface area contributed by atoms with E-state index < -0.39 is 6.61 Å². The average molecular weight is 313 g/mol. The lowest BCUT2D eigenvalue weighted by molar-refractivity contribution is -0.0512. The van der Waals surface area contributed by atoms with Crippen LogP contribution in [-0.4, -0.2) is 13.7 Å². The predicted molar refractivity (Wildman–Crippen MR) is 79.2 cm³/mol. The quantitative estimate of drug-likeness (QED) is 0.839. The zero-order valence-electron chi connectivity index (χ0n) is 11.9. The van der Waals surface area contributed by atoms with Crippen LogP contribution in [0.1, 0.15) is 16.0 Å². The number of hydrogen-bond donors (Lipinski definition) is 1. The molecule has 0 saturated carbocycles. The smallest absolute Gasteiger partial charge is 0.387 e. The first kappa shape index (κ1) is 15.7. The molecule has 114 valence electrons. The van der Waals surface area contributed by atoms with Crippen LogP contribution < -0.4 is 14.8 Å². The maximum absolute atomic E-state index is 12.4. The van der Waals surface area contributed by atoms with Crippen molar-refractivity contribution in [2.75, 3.05) is 7.11 Å². The Morgan fingerprint density at radius 3 is 2.62 bits per heavy atom. The van der Waals surface area contributed by atoms with Crippen molar-refractivity contribution < 1.29 is 18.3 Å². The van der Waals surface area contributed by atoms with Crippen molar-refractivity contribution in [2.45, 2.75) is 26.6 Å². The van der Waals surface area contributed by atoms with Crippen LogP contribution in [0.3, 0.4) is 0 Å². The van der Waals surface area contributed by atoms with Crippen LogP contribution in [-0.2, 0) is 13.1 Å². The van der Waals surface area contributed by atoms with Gasteiger partial charge in [0, 0.05) is 18.0 Å². The van der Waals surface area contributed by atoms with Crippen LogP contribution in [0.4, 0.5) is 8.78 Å². The number of hydrogen-bond acceptors (Lipinski definition) is 4. The molecule has 21 heavy (non-hydrogen) atoms. The van der Waals surface area contributed by atoms with Crippen LogP contribution in [0.5, 0.6) is 11.5 Å². The van der Waals surface area contributed by atoms with Crippen molar-refractivity contribution in [2.24, 2.45) is 0 Å². The highest BCUT2D eigenvalue weighted by Gasteiger charge is 2.11. The van der Waals surface area contributed by atoms with Crippen molar-refractivity contribution in [3.63, 3.8) is 0 Å². The molecule has 1 aromatic heterocycles. The van der Waals surface area contributed by atoms with E-state index in [4.69, 9.17) is 4.74 Å². The number of methoxy groups -OCH3 is 1. The van der Waals surface area contributed by atoms with Crippen LogP contribution >= 0.6 is 11.3 Å². The molecule has 0 aliphatic rings. The monoisotopic (exact) mass is 313 g/mol. The molecule has 0 atom stereocenters. The normalized spacial score (nSPS) is 10.9. The lowest BCUT2D eigenvalue weighted by Crippen LogP contribution is -2.13. The second-order valence-electron chi connectivity index (χ2n) is 4.49. The van der Waals surface area contributed by atoms with Crippen LogP contribution in [0.2, 0.25) is 0 Å². The molecule has 0 bridgehead atoms. The SMILES string of the molecule is COc1ccc(CNCc2sccc2C)cc1OC(F)F. The Morgan fingerprint density at radius 1 is 1.19 bits per heavy atom. The van der Waals surface area contributed by atoms with Gasteiger partial charge in [-0.1, -0.05) is 6.07 Å². The third-order valence-corrected chi connectivity index (χ3v) is 4.05. The molecule has 3 nitrogen and oxygen atoms in total. The molecule has 6 heteroatoms. The van der Waals surface area contributed by atoms with Gasteiger partial charge in [-0.25, -0.2) is 0 Å². The first-order chi connectivity index (χ1) is 10.1. The Balaban J connectivity index is 1.98. The van der Waals surface area contributed by atoms with E-state index >= 15 is 0 Å². The van der Waals surface area contributed by atoms with Crippen LogP contribution in [0.25, 0.3) is 0 Å². The molecule has 0 aliphatic carbocycles. The van der Waals surface area contributed by atoms with Gasteiger partial charge in [-0.2, -0.15) is 8.78 Å². The summed E-state index contributed by atoms with van der Waals surface area (Å²) in [6.45, 7) is 0.521. The van der Waals surface area contributed by atoms with E-state index in [1.807, 2.05) is 11.4 Å². The summed E-state index contributed by atoms with van der Waals surface area (Å²) >= 11 is 1.70. The van der Waals surface area contributed by atoms with Gasteiger partial charge < -0.3 is 14.8 Å². The number of ether oxygens (including phenoxy) is 2. The molecule has 0 saturated heterocycles. The molecule has 0 radical (unpaired) electrons.